The summed E-state index contributed by atoms with van der Waals surface area (Å²) in [7, 11) is 1.63. The maximum Gasteiger partial charge on any atom is 0.146 e. The molecule has 4 heteroatoms. The lowest BCUT2D eigenvalue weighted by atomic mass is 10.1. The Labute approximate surface area is 111 Å². The minimum Gasteiger partial charge on any atom is -0.497 e. The third-order valence-corrected chi connectivity index (χ3v) is 3.23. The molecule has 0 aliphatic rings. The zero-order chi connectivity index (χ0) is 13.4. The van der Waals surface area contributed by atoms with Crippen LogP contribution in [0, 0.1) is 6.92 Å². The third-order valence-electron chi connectivity index (χ3n) is 3.23. The van der Waals surface area contributed by atoms with Gasteiger partial charge in [-0.25, -0.2) is 4.98 Å². The van der Waals surface area contributed by atoms with Crippen molar-refractivity contribution < 1.29 is 4.74 Å². The zero-order valence-corrected chi connectivity index (χ0v) is 10.9. The van der Waals surface area contributed by atoms with Crippen LogP contribution in [-0.4, -0.2) is 16.5 Å². The highest BCUT2D eigenvalue weighted by Crippen LogP contribution is 2.30. The molecule has 0 atom stereocenters. The van der Waals surface area contributed by atoms with Crippen LogP contribution in [0.4, 0.5) is 5.69 Å². The van der Waals surface area contributed by atoms with Crippen molar-refractivity contribution in [1.29, 1.82) is 0 Å². The van der Waals surface area contributed by atoms with Gasteiger partial charge in [-0.05, 0) is 31.2 Å². The Morgan fingerprint density at radius 3 is 2.79 bits per heavy atom. The van der Waals surface area contributed by atoms with Crippen molar-refractivity contribution in [3.63, 3.8) is 0 Å². The molecule has 19 heavy (non-hydrogen) atoms. The number of nitrogens with zero attached hydrogens (tertiary/aromatic N) is 2. The first kappa shape index (κ1) is 11.6. The molecular weight excluding hydrogens is 238 g/mol. The lowest BCUT2D eigenvalue weighted by Gasteiger charge is -2.07. The molecule has 3 aromatic rings. The summed E-state index contributed by atoms with van der Waals surface area (Å²) >= 11 is 0. The van der Waals surface area contributed by atoms with Crippen LogP contribution in [0.25, 0.3) is 16.9 Å². The van der Waals surface area contributed by atoms with Gasteiger partial charge in [-0.2, -0.15) is 0 Å². The van der Waals surface area contributed by atoms with Gasteiger partial charge in [0.15, 0.2) is 0 Å². The van der Waals surface area contributed by atoms with Crippen LogP contribution in [0.5, 0.6) is 5.75 Å². The van der Waals surface area contributed by atoms with Crippen molar-refractivity contribution in [1.82, 2.24) is 9.38 Å². The van der Waals surface area contributed by atoms with Crippen molar-refractivity contribution >= 4 is 11.2 Å². The monoisotopic (exact) mass is 253 g/mol. The highest BCUT2D eigenvalue weighted by molar-refractivity contribution is 5.76. The van der Waals surface area contributed by atoms with Gasteiger partial charge in [0.05, 0.1) is 18.3 Å². The molecule has 0 amide bonds. The number of ether oxygens (including phenoxy) is 1. The fraction of sp³-hybridized carbons (Fsp3) is 0.133. The first-order chi connectivity index (χ1) is 9.20. The average Bonchev–Trinajstić information content (AvgIpc) is 2.76. The van der Waals surface area contributed by atoms with Crippen LogP contribution >= 0.6 is 0 Å². The standard InChI is InChI=1S/C15H15N3O/c1-10-14-5-3-4-8-18(14)15(17-10)12-7-6-11(19-2)9-13(12)16/h3-9H,16H2,1-2H3. The summed E-state index contributed by atoms with van der Waals surface area (Å²) in [6, 6.07) is 11.7. The maximum absolute atomic E-state index is 6.10. The first-order valence-corrected chi connectivity index (χ1v) is 6.08. The third kappa shape index (κ3) is 1.81. The molecule has 4 nitrogen and oxygen atoms in total. The second-order valence-electron chi connectivity index (χ2n) is 4.43. The second kappa shape index (κ2) is 4.31. The summed E-state index contributed by atoms with van der Waals surface area (Å²) in [6.45, 7) is 2.00. The van der Waals surface area contributed by atoms with Gasteiger partial charge in [-0.15, -0.1) is 0 Å². The fourth-order valence-corrected chi connectivity index (χ4v) is 2.25. The van der Waals surface area contributed by atoms with Crippen LogP contribution in [0.2, 0.25) is 0 Å². The molecule has 2 aromatic heterocycles. The summed E-state index contributed by atoms with van der Waals surface area (Å²) < 4.78 is 7.22. The van der Waals surface area contributed by atoms with Gasteiger partial charge in [0.2, 0.25) is 0 Å². The highest BCUT2D eigenvalue weighted by Gasteiger charge is 2.12. The van der Waals surface area contributed by atoms with Gasteiger partial charge in [-0.3, -0.25) is 4.40 Å². The molecule has 0 unspecified atom stereocenters. The number of hydrogen-bond acceptors (Lipinski definition) is 3. The number of rotatable bonds is 2. The topological polar surface area (TPSA) is 52.5 Å². The lowest BCUT2D eigenvalue weighted by molar-refractivity contribution is 0.415. The van der Waals surface area contributed by atoms with Gasteiger partial charge in [0, 0.05) is 23.5 Å². The molecular formula is C15H15N3O. The number of aryl methyl sites for hydroxylation is 1. The highest BCUT2D eigenvalue weighted by atomic mass is 16.5. The zero-order valence-electron chi connectivity index (χ0n) is 10.9. The van der Waals surface area contributed by atoms with Crippen molar-refractivity contribution in [2.75, 3.05) is 12.8 Å². The quantitative estimate of drug-likeness (QED) is 0.714. The average molecular weight is 253 g/mol. The molecule has 1 aromatic carbocycles. The predicted molar refractivity (Wildman–Crippen MR) is 76.3 cm³/mol. The number of nitrogen functional groups attached to an aromatic ring is 1. The van der Waals surface area contributed by atoms with E-state index >= 15 is 0 Å². The van der Waals surface area contributed by atoms with Gasteiger partial charge in [-0.1, -0.05) is 6.07 Å². The molecule has 0 spiro atoms. The largest absolute Gasteiger partial charge is 0.497 e. The molecule has 0 fully saturated rings. The normalized spacial score (nSPS) is 10.8. The number of aromatic nitrogens is 2. The second-order valence-corrected chi connectivity index (χ2v) is 4.43. The molecule has 2 heterocycles. The van der Waals surface area contributed by atoms with Gasteiger partial charge in [0.25, 0.3) is 0 Å². The molecule has 0 aliphatic carbocycles. The van der Waals surface area contributed by atoms with E-state index in [2.05, 4.69) is 4.98 Å². The number of fused-ring (bicyclic) bond motifs is 1. The number of nitrogens with two attached hydrogens (primary N) is 1. The van der Waals surface area contributed by atoms with Crippen LogP contribution in [0.1, 0.15) is 5.69 Å². The van der Waals surface area contributed by atoms with Gasteiger partial charge in [0.1, 0.15) is 11.6 Å². The number of hydrogen-bond donors (Lipinski definition) is 1. The van der Waals surface area contributed by atoms with Crippen molar-refractivity contribution in [3.05, 3.63) is 48.3 Å². The fourth-order valence-electron chi connectivity index (χ4n) is 2.25. The molecule has 2 N–H and O–H groups in total. The molecule has 96 valence electrons. The lowest BCUT2D eigenvalue weighted by Crippen LogP contribution is -1.95. The Bertz CT molecular complexity index is 746. The Kier molecular flexibility index (Phi) is 2.63. The van der Waals surface area contributed by atoms with E-state index in [0.717, 1.165) is 28.3 Å². The Morgan fingerprint density at radius 1 is 1.21 bits per heavy atom. The van der Waals surface area contributed by atoms with E-state index in [1.165, 1.54) is 0 Å². The van der Waals surface area contributed by atoms with Crippen LogP contribution < -0.4 is 10.5 Å². The molecule has 0 aliphatic heterocycles. The van der Waals surface area contributed by atoms with Gasteiger partial charge < -0.3 is 10.5 Å². The minimum absolute atomic E-state index is 0.662. The Morgan fingerprint density at radius 2 is 2.05 bits per heavy atom. The van der Waals surface area contributed by atoms with Crippen LogP contribution in [0.3, 0.4) is 0 Å². The van der Waals surface area contributed by atoms with E-state index in [1.54, 1.807) is 7.11 Å². The molecule has 0 radical (unpaired) electrons. The van der Waals surface area contributed by atoms with Crippen LogP contribution in [-0.2, 0) is 0 Å². The van der Waals surface area contributed by atoms with Gasteiger partial charge >= 0.3 is 0 Å². The van der Waals surface area contributed by atoms with Crippen molar-refractivity contribution in [2.24, 2.45) is 0 Å². The molecule has 0 saturated carbocycles. The minimum atomic E-state index is 0.662. The number of benzene rings is 1. The summed E-state index contributed by atoms with van der Waals surface area (Å²) in [5.41, 5.74) is 9.75. The molecule has 0 saturated heterocycles. The Balaban J connectivity index is 2.25. The van der Waals surface area contributed by atoms with E-state index in [0.29, 0.717) is 5.69 Å². The number of pyridine rings is 1. The summed E-state index contributed by atoms with van der Waals surface area (Å²) in [6.07, 6.45) is 1.99. The molecule has 0 bridgehead atoms. The number of methoxy groups -OCH3 is 1. The SMILES string of the molecule is COc1ccc(-c2nc(C)c3ccccn23)c(N)c1. The smallest absolute Gasteiger partial charge is 0.146 e. The number of imidazole rings is 1. The number of anilines is 1. The van der Waals surface area contributed by atoms with Crippen LogP contribution in [0.15, 0.2) is 42.6 Å². The maximum atomic E-state index is 6.10. The molecule has 3 rings (SSSR count). The van der Waals surface area contributed by atoms with E-state index in [9.17, 15) is 0 Å². The summed E-state index contributed by atoms with van der Waals surface area (Å²) in [5.74, 6) is 1.60. The summed E-state index contributed by atoms with van der Waals surface area (Å²) in [5, 5.41) is 0. The van der Waals surface area contributed by atoms with E-state index < -0.39 is 0 Å². The Hall–Kier alpha value is -2.49. The summed E-state index contributed by atoms with van der Waals surface area (Å²) in [4.78, 5) is 4.62. The van der Waals surface area contributed by atoms with Crippen molar-refractivity contribution in [3.8, 4) is 17.1 Å². The van der Waals surface area contributed by atoms with E-state index in [4.69, 9.17) is 10.5 Å². The van der Waals surface area contributed by atoms with E-state index in [1.807, 2.05) is 53.9 Å². The van der Waals surface area contributed by atoms with Crippen molar-refractivity contribution in [2.45, 2.75) is 6.92 Å². The predicted octanol–water partition coefficient (Wildman–Crippen LogP) is 2.90. The first-order valence-electron chi connectivity index (χ1n) is 6.08. The van der Waals surface area contributed by atoms with E-state index in [-0.39, 0.29) is 0 Å².